The predicted molar refractivity (Wildman–Crippen MR) is 82.1 cm³/mol. The van der Waals surface area contributed by atoms with E-state index in [0.717, 1.165) is 0 Å². The van der Waals surface area contributed by atoms with E-state index in [2.05, 4.69) is 24.9 Å². The number of aromatic nitrogens is 6. The Morgan fingerprint density at radius 2 is 2.09 bits per heavy atom. The monoisotopic (exact) mass is 317 g/mol. The van der Waals surface area contributed by atoms with E-state index in [9.17, 15) is 9.90 Å². The number of H-pyrrole nitrogens is 1. The molecular formula is C12H11N7O2S. The van der Waals surface area contributed by atoms with Crippen molar-refractivity contribution in [1.82, 2.24) is 29.1 Å². The van der Waals surface area contributed by atoms with Crippen LogP contribution < -0.4 is 5.56 Å². The van der Waals surface area contributed by atoms with Crippen molar-refractivity contribution in [1.29, 1.82) is 0 Å². The number of rotatable bonds is 2. The first-order chi connectivity index (χ1) is 10.5. The number of fused-ring (bicyclic) bond motifs is 1. The van der Waals surface area contributed by atoms with E-state index in [1.165, 1.54) is 35.1 Å². The van der Waals surface area contributed by atoms with Crippen molar-refractivity contribution in [3.8, 4) is 5.88 Å². The summed E-state index contributed by atoms with van der Waals surface area (Å²) in [5, 5.41) is 10.1. The van der Waals surface area contributed by atoms with Crippen LogP contribution in [0.1, 0.15) is 5.56 Å². The Kier molecular flexibility index (Phi) is 3.29. The van der Waals surface area contributed by atoms with E-state index in [0.29, 0.717) is 17.0 Å². The standard InChI is InChI=1S/C12H11N7O2S/c1-18-10(20)6(11(21)19(2)12(18)22)3-13-8-7-9(15-4-14-7)17-5-16-8/h3-5,20H,1-2H3,(H,14,15,16,17). The van der Waals surface area contributed by atoms with Gasteiger partial charge in [-0.25, -0.2) is 19.9 Å². The van der Waals surface area contributed by atoms with Gasteiger partial charge >= 0.3 is 0 Å². The van der Waals surface area contributed by atoms with Crippen molar-refractivity contribution in [2.24, 2.45) is 19.1 Å². The minimum Gasteiger partial charge on any atom is -0.494 e. The molecule has 0 atom stereocenters. The SMILES string of the molecule is Cn1c(O)c(C=Nc2ncnc3nc[nH]c23)c(=O)n(C)c1=S. The van der Waals surface area contributed by atoms with Crippen LogP contribution in [0.15, 0.2) is 22.4 Å². The van der Waals surface area contributed by atoms with Gasteiger partial charge in [0.2, 0.25) is 5.88 Å². The summed E-state index contributed by atoms with van der Waals surface area (Å²) in [5.41, 5.74) is 0.578. The molecule has 3 aromatic heterocycles. The molecule has 10 heteroatoms. The van der Waals surface area contributed by atoms with Gasteiger partial charge in [-0.1, -0.05) is 0 Å². The summed E-state index contributed by atoms with van der Waals surface area (Å²) in [6.07, 6.45) is 4.04. The number of nitrogens with zero attached hydrogens (tertiary/aromatic N) is 6. The second kappa shape index (κ2) is 5.15. The molecule has 0 unspecified atom stereocenters. The van der Waals surface area contributed by atoms with Crippen LogP contribution in [0.4, 0.5) is 5.82 Å². The fourth-order valence-corrected chi connectivity index (χ4v) is 2.12. The quantitative estimate of drug-likeness (QED) is 0.528. The molecular weight excluding hydrogens is 306 g/mol. The van der Waals surface area contributed by atoms with Crippen LogP contribution in [0, 0.1) is 4.77 Å². The van der Waals surface area contributed by atoms with Gasteiger partial charge in [-0.05, 0) is 12.2 Å². The zero-order valence-corrected chi connectivity index (χ0v) is 12.5. The first-order valence-electron chi connectivity index (χ1n) is 6.18. The Bertz CT molecular complexity index is 1010. The molecule has 3 rings (SSSR count). The van der Waals surface area contributed by atoms with Crippen LogP contribution in [0.3, 0.4) is 0 Å². The summed E-state index contributed by atoms with van der Waals surface area (Å²) in [4.78, 5) is 31.2. The second-order valence-electron chi connectivity index (χ2n) is 4.50. The molecule has 3 aromatic rings. The molecule has 0 aromatic carbocycles. The Labute approximate surface area is 128 Å². The van der Waals surface area contributed by atoms with Crippen LogP contribution in [-0.2, 0) is 14.1 Å². The molecule has 0 fully saturated rings. The topological polar surface area (TPSA) is 114 Å². The third-order valence-corrected chi connectivity index (χ3v) is 3.73. The molecule has 0 aliphatic rings. The Morgan fingerprint density at radius 3 is 2.86 bits per heavy atom. The predicted octanol–water partition coefficient (Wildman–Crippen LogP) is 0.576. The van der Waals surface area contributed by atoms with Gasteiger partial charge in [-0.2, -0.15) is 0 Å². The lowest BCUT2D eigenvalue weighted by molar-refractivity contribution is 0.415. The molecule has 0 radical (unpaired) electrons. The summed E-state index contributed by atoms with van der Waals surface area (Å²) >= 11 is 5.05. The highest BCUT2D eigenvalue weighted by atomic mass is 32.1. The zero-order chi connectivity index (χ0) is 15.9. The number of aromatic hydroxyl groups is 1. The lowest BCUT2D eigenvalue weighted by Crippen LogP contribution is -2.25. The molecule has 22 heavy (non-hydrogen) atoms. The lowest BCUT2D eigenvalue weighted by atomic mass is 10.3. The maximum absolute atomic E-state index is 12.2. The molecule has 0 saturated carbocycles. The van der Waals surface area contributed by atoms with E-state index in [1.807, 2.05) is 0 Å². The first kappa shape index (κ1) is 14.1. The van der Waals surface area contributed by atoms with Crippen molar-refractivity contribution >= 4 is 35.4 Å². The summed E-state index contributed by atoms with van der Waals surface area (Å²) < 4.78 is 2.78. The van der Waals surface area contributed by atoms with Gasteiger partial charge in [0.25, 0.3) is 5.56 Å². The van der Waals surface area contributed by atoms with Gasteiger partial charge in [-0.3, -0.25) is 13.9 Å². The Balaban J connectivity index is 2.17. The van der Waals surface area contributed by atoms with Gasteiger partial charge in [0.15, 0.2) is 16.2 Å². The molecule has 0 saturated heterocycles. The molecule has 2 N–H and O–H groups in total. The molecule has 112 valence electrons. The summed E-state index contributed by atoms with van der Waals surface area (Å²) in [6, 6.07) is 0. The third kappa shape index (κ3) is 2.09. The number of nitrogens with one attached hydrogen (secondary N) is 1. The molecule has 3 heterocycles. The van der Waals surface area contributed by atoms with Crippen LogP contribution in [0.2, 0.25) is 0 Å². The molecule has 9 nitrogen and oxygen atoms in total. The molecule has 0 amide bonds. The molecule has 0 aliphatic carbocycles. The highest BCUT2D eigenvalue weighted by molar-refractivity contribution is 7.71. The van der Waals surface area contributed by atoms with Crippen LogP contribution in [0.5, 0.6) is 5.88 Å². The number of hydrogen-bond acceptors (Lipinski definition) is 7. The summed E-state index contributed by atoms with van der Waals surface area (Å²) in [7, 11) is 3.09. The van der Waals surface area contributed by atoms with Crippen molar-refractivity contribution in [2.45, 2.75) is 0 Å². The third-order valence-electron chi connectivity index (χ3n) is 3.19. The normalized spacial score (nSPS) is 11.5. The maximum atomic E-state index is 12.2. The Morgan fingerprint density at radius 1 is 1.32 bits per heavy atom. The van der Waals surface area contributed by atoms with Crippen molar-refractivity contribution < 1.29 is 5.11 Å². The highest BCUT2D eigenvalue weighted by Crippen LogP contribution is 2.18. The molecule has 0 aliphatic heterocycles. The van der Waals surface area contributed by atoms with Gasteiger partial charge in [0.05, 0.1) is 6.33 Å². The maximum Gasteiger partial charge on any atom is 0.266 e. The van der Waals surface area contributed by atoms with Gasteiger partial charge in [0.1, 0.15) is 17.4 Å². The lowest BCUT2D eigenvalue weighted by Gasteiger charge is -2.08. The molecule has 0 spiro atoms. The first-order valence-corrected chi connectivity index (χ1v) is 6.58. The van der Waals surface area contributed by atoms with E-state index in [-0.39, 0.29) is 16.2 Å². The number of hydrogen-bond donors (Lipinski definition) is 2. The van der Waals surface area contributed by atoms with Crippen LogP contribution >= 0.6 is 12.2 Å². The number of aliphatic imine (C=N–C) groups is 1. The minimum absolute atomic E-state index is 0.0184. The van der Waals surface area contributed by atoms with Crippen LogP contribution in [0.25, 0.3) is 11.2 Å². The zero-order valence-electron chi connectivity index (χ0n) is 11.7. The average Bonchev–Trinajstić information content (AvgIpc) is 3.00. The average molecular weight is 317 g/mol. The second-order valence-corrected chi connectivity index (χ2v) is 4.86. The van der Waals surface area contributed by atoms with Gasteiger partial charge in [-0.15, -0.1) is 0 Å². The van der Waals surface area contributed by atoms with E-state index < -0.39 is 5.56 Å². The highest BCUT2D eigenvalue weighted by Gasteiger charge is 2.12. The van der Waals surface area contributed by atoms with E-state index in [4.69, 9.17) is 12.2 Å². The fraction of sp³-hybridized carbons (Fsp3) is 0.167. The largest absolute Gasteiger partial charge is 0.494 e. The van der Waals surface area contributed by atoms with Crippen molar-refractivity contribution in [2.75, 3.05) is 0 Å². The van der Waals surface area contributed by atoms with E-state index in [1.54, 1.807) is 7.05 Å². The van der Waals surface area contributed by atoms with Gasteiger partial charge in [0, 0.05) is 20.3 Å². The van der Waals surface area contributed by atoms with Crippen LogP contribution in [-0.4, -0.2) is 40.4 Å². The minimum atomic E-state index is -0.445. The van der Waals surface area contributed by atoms with E-state index >= 15 is 0 Å². The van der Waals surface area contributed by atoms with Crippen molar-refractivity contribution in [3.63, 3.8) is 0 Å². The summed E-state index contributed by atoms with van der Waals surface area (Å²) in [5.74, 6) is 0.0563. The van der Waals surface area contributed by atoms with Crippen molar-refractivity contribution in [3.05, 3.63) is 33.3 Å². The van der Waals surface area contributed by atoms with Gasteiger partial charge < -0.3 is 10.1 Å². The summed E-state index contributed by atoms with van der Waals surface area (Å²) in [6.45, 7) is 0. The smallest absolute Gasteiger partial charge is 0.266 e. The number of imidazole rings is 1. The molecule has 0 bridgehead atoms. The fourth-order valence-electron chi connectivity index (χ4n) is 1.95. The Hall–Kier alpha value is -2.88. The number of aromatic amines is 1.